The summed E-state index contributed by atoms with van der Waals surface area (Å²) in [5.74, 6) is 1.79. The molecule has 3 N–H and O–H groups in total. The Hall–Kier alpha value is -2.56. The quantitative estimate of drug-likeness (QED) is 0.451. The lowest BCUT2D eigenvalue weighted by Gasteiger charge is -2.43. The van der Waals surface area contributed by atoms with Crippen molar-refractivity contribution in [1.29, 1.82) is 0 Å². The molecule has 6 rings (SSSR count). The number of fused-ring (bicyclic) bond motifs is 1. The fourth-order valence-corrected chi connectivity index (χ4v) is 7.65. The number of aromatic nitrogens is 4. The smallest absolute Gasteiger partial charge is 0.245 e. The van der Waals surface area contributed by atoms with E-state index in [1.165, 1.54) is 11.1 Å². The first-order valence-electron chi connectivity index (χ1n) is 13.4. The van der Waals surface area contributed by atoms with E-state index < -0.39 is 11.0 Å². The molecule has 3 aliphatic rings. The van der Waals surface area contributed by atoms with Crippen molar-refractivity contribution in [3.05, 3.63) is 59.4 Å². The maximum Gasteiger partial charge on any atom is 0.245 e. The molecule has 1 saturated heterocycles. The Morgan fingerprint density at radius 3 is 2.55 bits per heavy atom. The van der Waals surface area contributed by atoms with Crippen LogP contribution >= 0.6 is 11.8 Å². The van der Waals surface area contributed by atoms with Crippen molar-refractivity contribution in [1.82, 2.24) is 24.9 Å². The molecule has 10 heteroatoms. The van der Waals surface area contributed by atoms with E-state index in [0.717, 1.165) is 60.7 Å². The van der Waals surface area contributed by atoms with Gasteiger partial charge in [0.1, 0.15) is 10.8 Å². The molecule has 0 bridgehead atoms. The van der Waals surface area contributed by atoms with Crippen molar-refractivity contribution in [2.45, 2.75) is 79.5 Å². The Labute approximate surface area is 231 Å². The summed E-state index contributed by atoms with van der Waals surface area (Å²) in [4.78, 5) is 12.3. The van der Waals surface area contributed by atoms with Gasteiger partial charge >= 0.3 is 0 Å². The summed E-state index contributed by atoms with van der Waals surface area (Å²) in [6.45, 7) is 7.75. The molecule has 1 spiro atoms. The van der Waals surface area contributed by atoms with Crippen molar-refractivity contribution in [3.63, 3.8) is 0 Å². The second-order valence-electron chi connectivity index (χ2n) is 11.7. The highest BCUT2D eigenvalue weighted by molar-refractivity contribution is 7.99. The first kappa shape index (κ1) is 25.7. The summed E-state index contributed by atoms with van der Waals surface area (Å²) in [5.41, 5.74) is 10.00. The van der Waals surface area contributed by atoms with Gasteiger partial charge in [0.25, 0.3) is 0 Å². The van der Waals surface area contributed by atoms with Gasteiger partial charge in [0.2, 0.25) is 5.95 Å². The van der Waals surface area contributed by atoms with Crippen LogP contribution in [0.15, 0.2) is 52.6 Å². The Kier molecular flexibility index (Phi) is 6.68. The molecule has 1 aliphatic heterocycles. The minimum atomic E-state index is -1.14. The zero-order valence-corrected chi connectivity index (χ0v) is 23.8. The lowest BCUT2D eigenvalue weighted by atomic mass is 9.73. The number of rotatable bonds is 6. The van der Waals surface area contributed by atoms with E-state index in [2.05, 4.69) is 54.1 Å². The SMILES string of the molecule is CC(C)(C)S(=O)N[C@@H]1c2ccccc2CC12CCN(c1ncc(Sc3ccnc(N)c3C3CC3)nn1)CC2. The highest BCUT2D eigenvalue weighted by Gasteiger charge is 2.49. The van der Waals surface area contributed by atoms with Crippen LogP contribution in [0.25, 0.3) is 0 Å². The molecule has 0 amide bonds. The van der Waals surface area contributed by atoms with E-state index in [4.69, 9.17) is 5.73 Å². The lowest BCUT2D eigenvalue weighted by molar-refractivity contribution is 0.177. The molecule has 2 aromatic heterocycles. The Bertz CT molecular complexity index is 1350. The van der Waals surface area contributed by atoms with Gasteiger partial charge in [-0.3, -0.25) is 0 Å². The van der Waals surface area contributed by atoms with Crippen molar-refractivity contribution >= 4 is 34.5 Å². The third kappa shape index (κ3) is 4.94. The minimum absolute atomic E-state index is 0.0325. The molecule has 200 valence electrons. The van der Waals surface area contributed by atoms with E-state index >= 15 is 0 Å². The summed E-state index contributed by atoms with van der Waals surface area (Å²) < 4.78 is 16.4. The summed E-state index contributed by atoms with van der Waals surface area (Å²) >= 11 is 1.56. The zero-order valence-electron chi connectivity index (χ0n) is 22.2. The van der Waals surface area contributed by atoms with E-state index in [1.807, 2.05) is 33.0 Å². The molecule has 2 aliphatic carbocycles. The van der Waals surface area contributed by atoms with Gasteiger partial charge in [-0.25, -0.2) is 18.9 Å². The second-order valence-corrected chi connectivity index (χ2v) is 14.8. The molecule has 38 heavy (non-hydrogen) atoms. The topological polar surface area (TPSA) is 110 Å². The monoisotopic (exact) mass is 549 g/mol. The van der Waals surface area contributed by atoms with E-state index in [1.54, 1.807) is 18.0 Å². The molecule has 1 aromatic carbocycles. The number of nitrogens with two attached hydrogens (primary N) is 1. The van der Waals surface area contributed by atoms with Gasteiger partial charge in [-0.1, -0.05) is 36.0 Å². The van der Waals surface area contributed by atoms with Crippen LogP contribution < -0.4 is 15.4 Å². The number of piperidine rings is 1. The molecule has 1 unspecified atom stereocenters. The highest BCUT2D eigenvalue weighted by atomic mass is 32.2. The Morgan fingerprint density at radius 1 is 1.11 bits per heavy atom. The summed E-state index contributed by atoms with van der Waals surface area (Å²) in [5, 5.41) is 9.75. The fraction of sp³-hybridized carbons (Fsp3) is 0.500. The third-order valence-electron chi connectivity index (χ3n) is 8.05. The number of hydrogen-bond acceptors (Lipinski definition) is 8. The minimum Gasteiger partial charge on any atom is -0.383 e. The maximum atomic E-state index is 13.1. The first-order valence-corrected chi connectivity index (χ1v) is 15.3. The van der Waals surface area contributed by atoms with Crippen LogP contribution in [0.4, 0.5) is 11.8 Å². The van der Waals surface area contributed by atoms with Crippen LogP contribution in [0.5, 0.6) is 0 Å². The van der Waals surface area contributed by atoms with Crippen LogP contribution in [0.1, 0.15) is 75.1 Å². The number of benzene rings is 1. The zero-order chi connectivity index (χ0) is 26.5. The van der Waals surface area contributed by atoms with E-state index in [9.17, 15) is 4.21 Å². The van der Waals surface area contributed by atoms with Crippen LogP contribution in [-0.4, -0.2) is 42.2 Å². The normalized spacial score (nSPS) is 21.4. The van der Waals surface area contributed by atoms with Crippen molar-refractivity contribution in [2.75, 3.05) is 23.7 Å². The number of anilines is 2. The highest BCUT2D eigenvalue weighted by Crippen LogP contribution is 2.52. The van der Waals surface area contributed by atoms with Crippen LogP contribution in [0.3, 0.4) is 0 Å². The molecule has 3 heterocycles. The predicted octanol–water partition coefficient (Wildman–Crippen LogP) is 4.81. The molecule has 0 radical (unpaired) electrons. The largest absolute Gasteiger partial charge is 0.383 e. The van der Waals surface area contributed by atoms with Gasteiger partial charge in [-0.2, -0.15) is 0 Å². The van der Waals surface area contributed by atoms with Gasteiger partial charge in [0.05, 0.1) is 28.0 Å². The average Bonchev–Trinajstić information content (AvgIpc) is 3.69. The molecule has 3 aromatic rings. The molecule has 8 nitrogen and oxygen atoms in total. The standard InChI is InChI=1S/C28H35N7OS2/c1-27(2,3)38(36)34-24-20-7-5-4-6-19(20)16-28(24)11-14-35(15-12-28)26-31-17-22(32-33-26)37-21-10-13-30-25(29)23(21)18-8-9-18/h4-7,10,13,17-18,24,34H,8-9,11-12,14-16H2,1-3H3,(H2,29,30)/t24-,38?/m1/s1. The Balaban J connectivity index is 1.15. The molecular formula is C28H35N7OS2. The maximum absolute atomic E-state index is 13.1. The Morgan fingerprint density at radius 2 is 1.87 bits per heavy atom. The number of pyridine rings is 1. The van der Waals surface area contributed by atoms with Crippen molar-refractivity contribution in [3.8, 4) is 0 Å². The predicted molar refractivity (Wildman–Crippen MR) is 152 cm³/mol. The first-order chi connectivity index (χ1) is 18.2. The third-order valence-corrected chi connectivity index (χ3v) is 10.6. The van der Waals surface area contributed by atoms with Crippen molar-refractivity contribution in [2.24, 2.45) is 5.41 Å². The summed E-state index contributed by atoms with van der Waals surface area (Å²) in [6, 6.07) is 10.7. The van der Waals surface area contributed by atoms with Crippen molar-refractivity contribution < 1.29 is 4.21 Å². The van der Waals surface area contributed by atoms with Gasteiger partial charge in [0, 0.05) is 29.7 Å². The molecular weight excluding hydrogens is 514 g/mol. The summed E-state index contributed by atoms with van der Waals surface area (Å²) in [6.07, 6.45) is 8.84. The van der Waals surface area contributed by atoms with Gasteiger partial charge < -0.3 is 10.6 Å². The van der Waals surface area contributed by atoms with E-state index in [0.29, 0.717) is 17.7 Å². The molecule has 1 saturated carbocycles. The average molecular weight is 550 g/mol. The van der Waals surface area contributed by atoms with Gasteiger partial charge in [0.15, 0.2) is 0 Å². The number of nitrogens with one attached hydrogen (secondary N) is 1. The number of nitrogen functional groups attached to an aromatic ring is 1. The lowest BCUT2D eigenvalue weighted by Crippen LogP contribution is -2.48. The second kappa shape index (κ2) is 9.88. The van der Waals surface area contributed by atoms with Gasteiger partial charge in [-0.15, -0.1) is 10.2 Å². The molecule has 2 atom stereocenters. The summed E-state index contributed by atoms with van der Waals surface area (Å²) in [7, 11) is -1.14. The number of nitrogens with zero attached hydrogens (tertiary/aromatic N) is 5. The number of hydrogen-bond donors (Lipinski definition) is 2. The van der Waals surface area contributed by atoms with Gasteiger partial charge in [-0.05, 0) is 81.4 Å². The van der Waals surface area contributed by atoms with E-state index in [-0.39, 0.29) is 16.2 Å². The van der Waals surface area contributed by atoms with Crippen LogP contribution in [0.2, 0.25) is 0 Å². The molecule has 2 fully saturated rings. The fourth-order valence-electron chi connectivity index (χ4n) is 5.78. The van der Waals surface area contributed by atoms with Crippen LogP contribution in [0, 0.1) is 5.41 Å². The van der Waals surface area contributed by atoms with Crippen LogP contribution in [-0.2, 0) is 17.4 Å².